The highest BCUT2D eigenvalue weighted by molar-refractivity contribution is 5.79. The van der Waals surface area contributed by atoms with E-state index in [9.17, 15) is 0 Å². The van der Waals surface area contributed by atoms with E-state index in [-0.39, 0.29) is 0 Å². The molecule has 1 aliphatic rings. The smallest absolute Gasteiger partial charge is 0.191 e. The van der Waals surface area contributed by atoms with Gasteiger partial charge in [0.15, 0.2) is 5.96 Å². The number of nitrogens with one attached hydrogen (secondary N) is 2. The van der Waals surface area contributed by atoms with Crippen LogP contribution in [0.4, 0.5) is 0 Å². The fraction of sp³-hybridized carbons (Fsp3) is 0.667. The van der Waals surface area contributed by atoms with E-state index in [1.807, 2.05) is 32.2 Å². The Bertz CT molecular complexity index is 492. The summed E-state index contributed by atoms with van der Waals surface area (Å²) >= 11 is 0. The maximum absolute atomic E-state index is 4.49. The van der Waals surface area contributed by atoms with Gasteiger partial charge in [-0.1, -0.05) is 13.0 Å². The van der Waals surface area contributed by atoms with E-state index in [4.69, 9.17) is 0 Å². The second kappa shape index (κ2) is 9.50. The highest BCUT2D eigenvalue weighted by Gasteiger charge is 2.14. The van der Waals surface area contributed by atoms with Crippen LogP contribution in [-0.4, -0.2) is 49.1 Å². The van der Waals surface area contributed by atoms with Crippen LogP contribution >= 0.6 is 0 Å². The van der Waals surface area contributed by atoms with Gasteiger partial charge in [0.25, 0.3) is 0 Å². The van der Waals surface area contributed by atoms with Crippen LogP contribution in [0.25, 0.3) is 0 Å². The Labute approximate surface area is 140 Å². The molecule has 0 bridgehead atoms. The molecule has 1 aromatic heterocycles. The third-order valence-electron chi connectivity index (χ3n) is 4.43. The Morgan fingerprint density at radius 2 is 2.09 bits per heavy atom. The number of piperidine rings is 1. The lowest BCUT2D eigenvalue weighted by molar-refractivity contribution is 0.191. The van der Waals surface area contributed by atoms with E-state index in [0.29, 0.717) is 6.54 Å². The molecule has 128 valence electrons. The summed E-state index contributed by atoms with van der Waals surface area (Å²) in [6, 6.07) is 6.08. The molecule has 0 aromatic carbocycles. The van der Waals surface area contributed by atoms with Crippen molar-refractivity contribution in [1.82, 2.24) is 20.5 Å². The summed E-state index contributed by atoms with van der Waals surface area (Å²) in [6.45, 7) is 9.71. The van der Waals surface area contributed by atoms with Crippen molar-refractivity contribution >= 4 is 5.96 Å². The summed E-state index contributed by atoms with van der Waals surface area (Å²) in [5, 5.41) is 6.71. The van der Waals surface area contributed by atoms with Crippen LogP contribution in [0.15, 0.2) is 23.2 Å². The number of hydrogen-bond donors (Lipinski definition) is 2. The van der Waals surface area contributed by atoms with E-state index in [1.54, 1.807) is 0 Å². The van der Waals surface area contributed by atoms with Gasteiger partial charge >= 0.3 is 0 Å². The maximum Gasteiger partial charge on any atom is 0.191 e. The van der Waals surface area contributed by atoms with Crippen LogP contribution < -0.4 is 10.6 Å². The van der Waals surface area contributed by atoms with Crippen LogP contribution in [0.5, 0.6) is 0 Å². The van der Waals surface area contributed by atoms with Crippen molar-refractivity contribution in [1.29, 1.82) is 0 Å². The molecule has 2 heterocycles. The van der Waals surface area contributed by atoms with Gasteiger partial charge in [0.1, 0.15) is 0 Å². The third kappa shape index (κ3) is 6.57. The average molecular weight is 317 g/mol. The molecular formula is C18H31N5. The molecule has 0 unspecified atom stereocenters. The second-order valence-electron chi connectivity index (χ2n) is 6.50. The minimum Gasteiger partial charge on any atom is -0.356 e. The van der Waals surface area contributed by atoms with Crippen molar-refractivity contribution in [2.24, 2.45) is 10.9 Å². The highest BCUT2D eigenvalue weighted by atomic mass is 15.2. The number of rotatable bonds is 6. The van der Waals surface area contributed by atoms with E-state index < -0.39 is 0 Å². The first kappa shape index (κ1) is 17.7. The minimum absolute atomic E-state index is 0.700. The quantitative estimate of drug-likeness (QED) is 0.480. The molecule has 0 spiro atoms. The molecule has 1 aliphatic heterocycles. The van der Waals surface area contributed by atoms with Gasteiger partial charge in [0.2, 0.25) is 0 Å². The summed E-state index contributed by atoms with van der Waals surface area (Å²) in [5.74, 6) is 1.75. The Balaban J connectivity index is 1.61. The summed E-state index contributed by atoms with van der Waals surface area (Å²) in [6.07, 6.45) is 3.85. The van der Waals surface area contributed by atoms with Crippen LogP contribution in [-0.2, 0) is 6.54 Å². The lowest BCUT2D eigenvalue weighted by Crippen LogP contribution is -2.39. The lowest BCUT2D eigenvalue weighted by Gasteiger charge is -2.30. The number of guanidine groups is 1. The summed E-state index contributed by atoms with van der Waals surface area (Å²) in [7, 11) is 1.81. The second-order valence-corrected chi connectivity index (χ2v) is 6.50. The van der Waals surface area contributed by atoms with E-state index in [0.717, 1.165) is 36.2 Å². The summed E-state index contributed by atoms with van der Waals surface area (Å²) in [5.41, 5.74) is 2.08. The zero-order valence-electron chi connectivity index (χ0n) is 14.8. The first-order chi connectivity index (χ1) is 11.2. The number of nitrogens with zero attached hydrogens (tertiary/aromatic N) is 3. The number of aryl methyl sites for hydroxylation is 1. The topological polar surface area (TPSA) is 52.6 Å². The van der Waals surface area contributed by atoms with Crippen LogP contribution in [0.3, 0.4) is 0 Å². The summed E-state index contributed by atoms with van der Waals surface area (Å²) in [4.78, 5) is 11.3. The predicted octanol–water partition coefficient (Wildman–Crippen LogP) is 2.18. The number of aliphatic imine (C=N–C) groups is 1. The zero-order chi connectivity index (χ0) is 16.5. The molecule has 5 nitrogen and oxygen atoms in total. The Morgan fingerprint density at radius 1 is 1.30 bits per heavy atom. The van der Waals surface area contributed by atoms with Crippen LogP contribution in [0, 0.1) is 12.8 Å². The predicted molar refractivity (Wildman–Crippen MR) is 96.6 cm³/mol. The van der Waals surface area contributed by atoms with E-state index in [2.05, 4.69) is 32.4 Å². The molecule has 0 amide bonds. The standard InChI is InChI=1S/C18H31N5/c1-15-8-12-23(13-9-15)11-5-10-20-18(19-3)21-14-17-7-4-6-16(2)22-17/h4,6-7,15H,5,8-14H2,1-3H3,(H2,19,20,21). The molecule has 0 atom stereocenters. The van der Waals surface area contributed by atoms with Gasteiger partial charge in [0.05, 0.1) is 12.2 Å². The SMILES string of the molecule is CN=C(NCCCN1CCC(C)CC1)NCc1cccc(C)n1. The largest absolute Gasteiger partial charge is 0.356 e. The fourth-order valence-corrected chi connectivity index (χ4v) is 2.89. The van der Waals surface area contributed by atoms with Crippen molar-refractivity contribution in [2.75, 3.05) is 33.2 Å². The Morgan fingerprint density at radius 3 is 2.78 bits per heavy atom. The van der Waals surface area contributed by atoms with Gasteiger partial charge < -0.3 is 15.5 Å². The molecule has 23 heavy (non-hydrogen) atoms. The average Bonchev–Trinajstić information content (AvgIpc) is 2.56. The third-order valence-corrected chi connectivity index (χ3v) is 4.43. The monoisotopic (exact) mass is 317 g/mol. The normalized spacial score (nSPS) is 17.3. The van der Waals surface area contributed by atoms with Crippen LogP contribution in [0.1, 0.15) is 37.6 Å². The molecule has 1 saturated heterocycles. The number of pyridine rings is 1. The van der Waals surface area contributed by atoms with Crippen LogP contribution in [0.2, 0.25) is 0 Å². The lowest BCUT2D eigenvalue weighted by atomic mass is 9.99. The molecule has 2 N–H and O–H groups in total. The molecule has 5 heteroatoms. The molecular weight excluding hydrogens is 286 g/mol. The van der Waals surface area contributed by atoms with Crippen molar-refractivity contribution in [3.8, 4) is 0 Å². The van der Waals surface area contributed by atoms with E-state index >= 15 is 0 Å². The van der Waals surface area contributed by atoms with Crippen molar-refractivity contribution in [2.45, 2.75) is 39.7 Å². The zero-order valence-corrected chi connectivity index (χ0v) is 14.8. The van der Waals surface area contributed by atoms with E-state index in [1.165, 1.54) is 32.5 Å². The van der Waals surface area contributed by atoms with Crippen molar-refractivity contribution in [3.63, 3.8) is 0 Å². The number of likely N-dealkylation sites (tertiary alicyclic amines) is 1. The van der Waals surface area contributed by atoms with Gasteiger partial charge in [0, 0.05) is 19.3 Å². The van der Waals surface area contributed by atoms with Gasteiger partial charge in [-0.25, -0.2) is 0 Å². The first-order valence-electron chi connectivity index (χ1n) is 8.77. The molecule has 1 aromatic rings. The van der Waals surface area contributed by atoms with Crippen molar-refractivity contribution < 1.29 is 0 Å². The number of hydrogen-bond acceptors (Lipinski definition) is 3. The molecule has 0 radical (unpaired) electrons. The van der Waals surface area contributed by atoms with Gasteiger partial charge in [-0.15, -0.1) is 0 Å². The minimum atomic E-state index is 0.700. The summed E-state index contributed by atoms with van der Waals surface area (Å²) < 4.78 is 0. The Kier molecular flexibility index (Phi) is 7.33. The first-order valence-corrected chi connectivity index (χ1v) is 8.77. The molecule has 2 rings (SSSR count). The Hall–Kier alpha value is -1.62. The molecule has 1 fully saturated rings. The van der Waals surface area contributed by atoms with Gasteiger partial charge in [-0.2, -0.15) is 0 Å². The number of aromatic nitrogens is 1. The molecule has 0 saturated carbocycles. The fourth-order valence-electron chi connectivity index (χ4n) is 2.89. The van der Waals surface area contributed by atoms with Crippen molar-refractivity contribution in [3.05, 3.63) is 29.6 Å². The molecule has 0 aliphatic carbocycles. The highest BCUT2D eigenvalue weighted by Crippen LogP contribution is 2.15. The van der Waals surface area contributed by atoms with Gasteiger partial charge in [-0.3, -0.25) is 9.98 Å². The maximum atomic E-state index is 4.49. The van der Waals surface area contributed by atoms with Gasteiger partial charge in [-0.05, 0) is 63.9 Å².